The van der Waals surface area contributed by atoms with E-state index in [-0.39, 0.29) is 23.9 Å². The van der Waals surface area contributed by atoms with Gasteiger partial charge in [-0.3, -0.25) is 4.79 Å². The number of carbonyl (C=O) groups excluding carboxylic acids is 2. The fourth-order valence-electron chi connectivity index (χ4n) is 2.89. The molecular weight excluding hydrogens is 378 g/mol. The Morgan fingerprint density at radius 2 is 1.80 bits per heavy atom. The van der Waals surface area contributed by atoms with Crippen LogP contribution in [0.3, 0.4) is 0 Å². The Hall–Kier alpha value is -2.83. The predicted octanol–water partition coefficient (Wildman–Crippen LogP) is 4.25. The van der Waals surface area contributed by atoms with Gasteiger partial charge in [-0.15, -0.1) is 0 Å². The predicted molar refractivity (Wildman–Crippen MR) is 121 cm³/mol. The third-order valence-corrected chi connectivity index (χ3v) is 4.83. The standard InChI is InChI=1S/C23H35N5O2/c1-7-9-14-24-22(30)27(8-2)16-21(29)25-20-15-19(23(4,5)6)26-28(20)18-12-10-17(3)11-13-18/h10-13,15H,7-9,14,16H2,1-6H3,(H,24,30)(H,25,29). The lowest BCUT2D eigenvalue weighted by atomic mass is 9.92. The quantitative estimate of drug-likeness (QED) is 0.635. The molecule has 3 amide bonds. The van der Waals surface area contributed by atoms with Crippen molar-refractivity contribution >= 4 is 17.8 Å². The number of nitrogens with zero attached hydrogens (tertiary/aromatic N) is 3. The highest BCUT2D eigenvalue weighted by Crippen LogP contribution is 2.26. The number of anilines is 1. The highest BCUT2D eigenvalue weighted by Gasteiger charge is 2.22. The molecule has 0 saturated heterocycles. The molecular formula is C23H35N5O2. The summed E-state index contributed by atoms with van der Waals surface area (Å²) in [5.74, 6) is 0.340. The minimum Gasteiger partial charge on any atom is -0.338 e. The van der Waals surface area contributed by atoms with Gasteiger partial charge in [-0.05, 0) is 32.4 Å². The lowest BCUT2D eigenvalue weighted by molar-refractivity contribution is -0.116. The van der Waals surface area contributed by atoms with Crippen molar-refractivity contribution in [3.63, 3.8) is 0 Å². The number of aromatic nitrogens is 2. The number of unbranched alkanes of at least 4 members (excludes halogenated alkanes) is 1. The number of urea groups is 1. The smallest absolute Gasteiger partial charge is 0.317 e. The molecule has 1 heterocycles. The average Bonchev–Trinajstić information content (AvgIpc) is 3.11. The molecule has 0 fully saturated rings. The SMILES string of the molecule is CCCCNC(=O)N(CC)CC(=O)Nc1cc(C(C)(C)C)nn1-c1ccc(C)cc1. The van der Waals surface area contributed by atoms with Crippen LogP contribution in [0.25, 0.3) is 5.69 Å². The molecule has 2 rings (SSSR count). The lowest BCUT2D eigenvalue weighted by Crippen LogP contribution is -2.44. The van der Waals surface area contributed by atoms with Gasteiger partial charge in [0.05, 0.1) is 11.4 Å². The van der Waals surface area contributed by atoms with Gasteiger partial charge in [0.15, 0.2) is 0 Å². The van der Waals surface area contributed by atoms with Gasteiger partial charge >= 0.3 is 6.03 Å². The molecule has 0 spiro atoms. The summed E-state index contributed by atoms with van der Waals surface area (Å²) >= 11 is 0. The highest BCUT2D eigenvalue weighted by atomic mass is 16.2. The van der Waals surface area contributed by atoms with Crippen LogP contribution in [-0.2, 0) is 10.2 Å². The van der Waals surface area contributed by atoms with Gasteiger partial charge < -0.3 is 15.5 Å². The highest BCUT2D eigenvalue weighted by molar-refractivity contribution is 5.94. The van der Waals surface area contributed by atoms with E-state index in [1.165, 1.54) is 4.90 Å². The van der Waals surface area contributed by atoms with E-state index < -0.39 is 0 Å². The van der Waals surface area contributed by atoms with E-state index >= 15 is 0 Å². The maximum Gasteiger partial charge on any atom is 0.317 e. The van der Waals surface area contributed by atoms with Crippen LogP contribution in [0.2, 0.25) is 0 Å². The molecule has 2 N–H and O–H groups in total. The van der Waals surface area contributed by atoms with Crippen molar-refractivity contribution in [2.45, 2.75) is 59.8 Å². The van der Waals surface area contributed by atoms with E-state index in [2.05, 4.69) is 38.3 Å². The van der Waals surface area contributed by atoms with Gasteiger partial charge in [-0.2, -0.15) is 5.10 Å². The number of amides is 3. The van der Waals surface area contributed by atoms with Crippen LogP contribution >= 0.6 is 0 Å². The normalized spacial score (nSPS) is 11.3. The van der Waals surface area contributed by atoms with Crippen LogP contribution in [0.5, 0.6) is 0 Å². The molecule has 30 heavy (non-hydrogen) atoms. The zero-order valence-corrected chi connectivity index (χ0v) is 19.1. The number of hydrogen-bond acceptors (Lipinski definition) is 3. The van der Waals surface area contributed by atoms with Crippen molar-refractivity contribution in [3.05, 3.63) is 41.6 Å². The molecule has 7 heteroatoms. The summed E-state index contributed by atoms with van der Waals surface area (Å²) in [7, 11) is 0. The lowest BCUT2D eigenvalue weighted by Gasteiger charge is -2.21. The van der Waals surface area contributed by atoms with Crippen LogP contribution < -0.4 is 10.6 Å². The summed E-state index contributed by atoms with van der Waals surface area (Å²) in [6.45, 7) is 13.3. The molecule has 0 bridgehead atoms. The van der Waals surface area contributed by atoms with Crippen LogP contribution in [0.15, 0.2) is 30.3 Å². The van der Waals surface area contributed by atoms with Gasteiger partial charge in [0, 0.05) is 24.6 Å². The topological polar surface area (TPSA) is 79.3 Å². The first kappa shape index (κ1) is 23.4. The Morgan fingerprint density at radius 1 is 1.13 bits per heavy atom. The van der Waals surface area contributed by atoms with Gasteiger partial charge in [0.2, 0.25) is 5.91 Å². The first-order chi connectivity index (χ1) is 14.2. The number of likely N-dealkylation sites (N-methyl/N-ethyl adjacent to an activating group) is 1. The second-order valence-corrected chi connectivity index (χ2v) is 8.56. The first-order valence-electron chi connectivity index (χ1n) is 10.7. The van der Waals surface area contributed by atoms with Gasteiger partial charge in [-0.25, -0.2) is 9.48 Å². The summed E-state index contributed by atoms with van der Waals surface area (Å²) in [6.07, 6.45) is 1.92. The van der Waals surface area contributed by atoms with Crippen molar-refractivity contribution in [2.75, 3.05) is 25.0 Å². The molecule has 0 radical (unpaired) electrons. The summed E-state index contributed by atoms with van der Waals surface area (Å²) in [5.41, 5.74) is 2.74. The van der Waals surface area contributed by atoms with Crippen LogP contribution in [-0.4, -0.2) is 46.3 Å². The van der Waals surface area contributed by atoms with Gasteiger partial charge in [0.1, 0.15) is 12.4 Å². The van der Waals surface area contributed by atoms with Gasteiger partial charge in [-0.1, -0.05) is 51.8 Å². The average molecular weight is 414 g/mol. The second kappa shape index (κ2) is 10.3. The molecule has 1 aromatic heterocycles. The number of hydrogen-bond donors (Lipinski definition) is 2. The Kier molecular flexibility index (Phi) is 8.03. The molecule has 0 aliphatic heterocycles. The first-order valence-corrected chi connectivity index (χ1v) is 10.7. The van der Waals surface area contributed by atoms with E-state index in [1.54, 1.807) is 4.68 Å². The number of rotatable bonds is 8. The van der Waals surface area contributed by atoms with E-state index in [9.17, 15) is 9.59 Å². The van der Waals surface area contributed by atoms with Gasteiger partial charge in [0.25, 0.3) is 0 Å². The molecule has 164 valence electrons. The third-order valence-electron chi connectivity index (χ3n) is 4.83. The van der Waals surface area contributed by atoms with E-state index in [1.807, 2.05) is 44.2 Å². The molecule has 2 aromatic rings. The number of aryl methyl sites for hydroxylation is 1. The number of nitrogens with one attached hydrogen (secondary N) is 2. The maximum absolute atomic E-state index is 12.7. The molecule has 0 aliphatic carbocycles. The summed E-state index contributed by atoms with van der Waals surface area (Å²) in [4.78, 5) is 26.6. The summed E-state index contributed by atoms with van der Waals surface area (Å²) < 4.78 is 1.75. The molecule has 0 unspecified atom stereocenters. The van der Waals surface area contributed by atoms with Crippen molar-refractivity contribution in [1.82, 2.24) is 20.0 Å². The van der Waals surface area contributed by atoms with Crippen molar-refractivity contribution < 1.29 is 9.59 Å². The molecule has 7 nitrogen and oxygen atoms in total. The fourth-order valence-corrected chi connectivity index (χ4v) is 2.89. The molecule has 0 aliphatic rings. The maximum atomic E-state index is 12.7. The Labute approximate surface area is 179 Å². The minimum atomic E-state index is -0.254. The molecule has 0 saturated carbocycles. The van der Waals surface area contributed by atoms with Crippen LogP contribution in [0, 0.1) is 6.92 Å². The zero-order valence-electron chi connectivity index (χ0n) is 19.1. The largest absolute Gasteiger partial charge is 0.338 e. The van der Waals surface area contributed by atoms with Crippen LogP contribution in [0.4, 0.5) is 10.6 Å². The summed E-state index contributed by atoms with van der Waals surface area (Å²) in [5, 5.41) is 10.5. The molecule has 1 aromatic carbocycles. The Bertz CT molecular complexity index is 849. The zero-order chi connectivity index (χ0) is 22.3. The van der Waals surface area contributed by atoms with E-state index in [4.69, 9.17) is 5.10 Å². The third kappa shape index (κ3) is 6.34. The van der Waals surface area contributed by atoms with Crippen molar-refractivity contribution in [3.8, 4) is 5.69 Å². The fraction of sp³-hybridized carbons (Fsp3) is 0.522. The van der Waals surface area contributed by atoms with E-state index in [0.717, 1.165) is 29.8 Å². The second-order valence-electron chi connectivity index (χ2n) is 8.56. The summed E-state index contributed by atoms with van der Waals surface area (Å²) in [6, 6.07) is 9.66. The Morgan fingerprint density at radius 3 is 2.37 bits per heavy atom. The number of carbonyl (C=O) groups is 2. The van der Waals surface area contributed by atoms with Crippen molar-refractivity contribution in [1.29, 1.82) is 0 Å². The van der Waals surface area contributed by atoms with Crippen molar-refractivity contribution in [2.24, 2.45) is 0 Å². The van der Waals surface area contributed by atoms with E-state index in [0.29, 0.717) is 18.9 Å². The Balaban J connectivity index is 2.19. The minimum absolute atomic E-state index is 0.0155. The number of benzene rings is 1. The molecule has 0 atom stereocenters. The monoisotopic (exact) mass is 413 g/mol. The van der Waals surface area contributed by atoms with Crippen LogP contribution in [0.1, 0.15) is 58.7 Å².